The maximum absolute atomic E-state index is 14.1. The number of nitrogens with zero attached hydrogens (tertiary/aromatic N) is 2. The lowest BCUT2D eigenvalue weighted by Crippen LogP contribution is -2.20. The molecule has 0 aliphatic carbocycles. The summed E-state index contributed by atoms with van der Waals surface area (Å²) in [7, 11) is 0. The van der Waals surface area contributed by atoms with Crippen LogP contribution in [0.1, 0.15) is 38.8 Å². The van der Waals surface area contributed by atoms with Crippen LogP contribution in [0.5, 0.6) is 11.5 Å². The van der Waals surface area contributed by atoms with E-state index in [2.05, 4.69) is 17.3 Å². The van der Waals surface area contributed by atoms with Crippen LogP contribution in [0.4, 0.5) is 4.39 Å². The molecule has 1 aromatic heterocycles. The predicted octanol–water partition coefficient (Wildman–Crippen LogP) is 3.90. The molecule has 0 saturated carbocycles. The number of hydrogen-bond acceptors (Lipinski definition) is 3. The first-order valence-electron chi connectivity index (χ1n) is 7.37. The average molecular weight is 291 g/mol. The number of nitrogens with one attached hydrogen (secondary N) is 1. The van der Waals surface area contributed by atoms with Crippen LogP contribution in [0.15, 0.2) is 30.6 Å². The van der Waals surface area contributed by atoms with Gasteiger partial charge in [-0.1, -0.05) is 19.1 Å². The normalized spacial score (nSPS) is 12.4. The zero-order valence-corrected chi connectivity index (χ0v) is 12.8. The van der Waals surface area contributed by atoms with Gasteiger partial charge in [-0.25, -0.2) is 4.39 Å². The van der Waals surface area contributed by atoms with Crippen molar-refractivity contribution in [2.75, 3.05) is 6.54 Å². The maximum Gasteiger partial charge on any atom is 0.167 e. The maximum atomic E-state index is 14.1. The summed E-state index contributed by atoms with van der Waals surface area (Å²) in [6, 6.07) is 5.03. The fourth-order valence-electron chi connectivity index (χ4n) is 2.13. The third kappa shape index (κ3) is 3.82. The smallest absolute Gasteiger partial charge is 0.167 e. The Hall–Kier alpha value is -1.88. The summed E-state index contributed by atoms with van der Waals surface area (Å²) in [5.41, 5.74) is 0.813. The summed E-state index contributed by atoms with van der Waals surface area (Å²) in [6.45, 7) is 7.73. The second-order valence-electron chi connectivity index (χ2n) is 4.97. The van der Waals surface area contributed by atoms with Gasteiger partial charge in [0.1, 0.15) is 0 Å². The second-order valence-corrected chi connectivity index (χ2v) is 4.97. The summed E-state index contributed by atoms with van der Waals surface area (Å²) in [4.78, 5) is 0. The largest absolute Gasteiger partial charge is 0.451 e. The molecule has 0 bridgehead atoms. The number of benzene rings is 1. The lowest BCUT2D eigenvalue weighted by molar-refractivity contribution is 0.424. The fourth-order valence-corrected chi connectivity index (χ4v) is 2.13. The Labute approximate surface area is 124 Å². The first kappa shape index (κ1) is 15.5. The number of aromatic nitrogens is 2. The van der Waals surface area contributed by atoms with Crippen LogP contribution in [-0.2, 0) is 6.54 Å². The van der Waals surface area contributed by atoms with E-state index < -0.39 is 0 Å². The summed E-state index contributed by atoms with van der Waals surface area (Å²) >= 11 is 0. The van der Waals surface area contributed by atoms with Crippen molar-refractivity contribution in [2.24, 2.45) is 0 Å². The molecule has 0 radical (unpaired) electrons. The van der Waals surface area contributed by atoms with Gasteiger partial charge >= 0.3 is 0 Å². The first-order chi connectivity index (χ1) is 10.2. The van der Waals surface area contributed by atoms with E-state index in [4.69, 9.17) is 4.74 Å². The van der Waals surface area contributed by atoms with Crippen LogP contribution in [-0.4, -0.2) is 16.3 Å². The van der Waals surface area contributed by atoms with Crippen molar-refractivity contribution in [1.29, 1.82) is 0 Å². The van der Waals surface area contributed by atoms with Crippen molar-refractivity contribution in [1.82, 2.24) is 15.1 Å². The molecule has 1 heterocycles. The van der Waals surface area contributed by atoms with Gasteiger partial charge in [-0.15, -0.1) is 0 Å². The number of halogens is 1. The van der Waals surface area contributed by atoms with Gasteiger partial charge in [0.25, 0.3) is 0 Å². The highest BCUT2D eigenvalue weighted by atomic mass is 19.1. The van der Waals surface area contributed by atoms with Gasteiger partial charge in [-0.05, 0) is 32.9 Å². The molecule has 114 valence electrons. The van der Waals surface area contributed by atoms with Crippen molar-refractivity contribution in [2.45, 2.75) is 39.8 Å². The lowest BCUT2D eigenvalue weighted by atomic mass is 10.1. The van der Waals surface area contributed by atoms with E-state index in [9.17, 15) is 4.39 Å². The molecule has 2 rings (SSSR count). The Morgan fingerprint density at radius 2 is 2.19 bits per heavy atom. The Morgan fingerprint density at radius 3 is 2.86 bits per heavy atom. The van der Waals surface area contributed by atoms with Crippen molar-refractivity contribution in [3.05, 3.63) is 42.0 Å². The molecule has 1 aromatic carbocycles. The third-order valence-electron chi connectivity index (χ3n) is 3.32. The molecule has 1 unspecified atom stereocenters. The lowest BCUT2D eigenvalue weighted by Gasteiger charge is -2.18. The van der Waals surface area contributed by atoms with Crippen molar-refractivity contribution < 1.29 is 9.13 Å². The van der Waals surface area contributed by atoms with E-state index in [0.29, 0.717) is 5.75 Å². The van der Waals surface area contributed by atoms with Crippen molar-refractivity contribution in [3.63, 3.8) is 0 Å². The molecule has 4 nitrogen and oxygen atoms in total. The Balaban J connectivity index is 2.24. The molecule has 5 heteroatoms. The summed E-state index contributed by atoms with van der Waals surface area (Å²) in [5.74, 6) is 0.456. The summed E-state index contributed by atoms with van der Waals surface area (Å²) in [5, 5.41) is 7.49. The highest BCUT2D eigenvalue weighted by Crippen LogP contribution is 2.32. The molecule has 2 aromatic rings. The van der Waals surface area contributed by atoms with Crippen molar-refractivity contribution >= 4 is 0 Å². The van der Waals surface area contributed by atoms with Crippen LogP contribution in [0.3, 0.4) is 0 Å². The van der Waals surface area contributed by atoms with Crippen LogP contribution >= 0.6 is 0 Å². The fraction of sp³-hybridized carbons (Fsp3) is 0.438. The Kier molecular flexibility index (Phi) is 5.33. The average Bonchev–Trinajstić information content (AvgIpc) is 2.94. The molecule has 21 heavy (non-hydrogen) atoms. The quantitative estimate of drug-likeness (QED) is 0.841. The SMILES string of the molecule is CCCNC(C)c1cccc(F)c1Oc1cnn(CC)c1. The Morgan fingerprint density at radius 1 is 1.38 bits per heavy atom. The van der Waals surface area contributed by atoms with Crippen LogP contribution in [0.2, 0.25) is 0 Å². The minimum Gasteiger partial charge on any atom is -0.451 e. The first-order valence-corrected chi connectivity index (χ1v) is 7.37. The minimum atomic E-state index is -0.359. The van der Waals surface area contributed by atoms with E-state index in [1.54, 1.807) is 23.1 Å². The second kappa shape index (κ2) is 7.22. The van der Waals surface area contributed by atoms with Crippen LogP contribution in [0, 0.1) is 5.82 Å². The number of rotatable bonds is 7. The van der Waals surface area contributed by atoms with Gasteiger partial charge in [-0.3, -0.25) is 4.68 Å². The summed E-state index contributed by atoms with van der Waals surface area (Å²) < 4.78 is 21.6. The highest BCUT2D eigenvalue weighted by molar-refractivity contribution is 5.40. The minimum absolute atomic E-state index is 0.0249. The zero-order valence-electron chi connectivity index (χ0n) is 12.8. The molecule has 0 amide bonds. The van der Waals surface area contributed by atoms with Crippen LogP contribution in [0.25, 0.3) is 0 Å². The molecule has 0 aliphatic heterocycles. The number of para-hydroxylation sites is 1. The summed E-state index contributed by atoms with van der Waals surface area (Å²) in [6.07, 6.45) is 4.39. The number of aryl methyl sites for hydroxylation is 1. The molecule has 0 saturated heterocycles. The number of ether oxygens (including phenoxy) is 1. The van der Waals surface area contributed by atoms with Gasteiger partial charge < -0.3 is 10.1 Å². The van der Waals surface area contributed by atoms with Gasteiger partial charge in [0.05, 0.1) is 12.4 Å². The molecule has 1 N–H and O–H groups in total. The monoisotopic (exact) mass is 291 g/mol. The Bertz CT molecular complexity index is 583. The van der Waals surface area contributed by atoms with E-state index in [1.165, 1.54) is 6.07 Å². The van der Waals surface area contributed by atoms with Crippen LogP contribution < -0.4 is 10.1 Å². The predicted molar refractivity (Wildman–Crippen MR) is 81.1 cm³/mol. The molecule has 1 atom stereocenters. The van der Waals surface area contributed by atoms with Gasteiger partial charge in [0.2, 0.25) is 0 Å². The standard InChI is InChI=1S/C16H22FN3O/c1-4-9-18-12(3)14-7-6-8-15(17)16(14)21-13-10-19-20(5-2)11-13/h6-8,10-12,18H,4-5,9H2,1-3H3. The molecule has 0 aliphatic rings. The topological polar surface area (TPSA) is 39.1 Å². The third-order valence-corrected chi connectivity index (χ3v) is 3.32. The van der Waals surface area contributed by atoms with E-state index in [0.717, 1.165) is 25.1 Å². The van der Waals surface area contributed by atoms with Gasteiger partial charge in [0, 0.05) is 18.2 Å². The van der Waals surface area contributed by atoms with Gasteiger partial charge in [0.15, 0.2) is 17.3 Å². The van der Waals surface area contributed by atoms with E-state index >= 15 is 0 Å². The molecular weight excluding hydrogens is 269 g/mol. The molecular formula is C16H22FN3O. The van der Waals surface area contributed by atoms with Crippen molar-refractivity contribution in [3.8, 4) is 11.5 Å². The number of hydrogen-bond donors (Lipinski definition) is 1. The van der Waals surface area contributed by atoms with E-state index in [1.807, 2.05) is 19.9 Å². The molecule has 0 spiro atoms. The van der Waals surface area contributed by atoms with E-state index in [-0.39, 0.29) is 17.6 Å². The molecule has 0 fully saturated rings. The zero-order chi connectivity index (χ0) is 15.2. The highest BCUT2D eigenvalue weighted by Gasteiger charge is 2.16. The van der Waals surface area contributed by atoms with Gasteiger partial charge in [-0.2, -0.15) is 5.10 Å².